The van der Waals surface area contributed by atoms with Crippen molar-refractivity contribution >= 4 is 0 Å². The maximum atomic E-state index is 8.37. The van der Waals surface area contributed by atoms with E-state index in [1.807, 2.05) is 19.9 Å². The maximum absolute atomic E-state index is 8.37. The molecular formula is C7H14O3. The van der Waals surface area contributed by atoms with E-state index in [1.165, 1.54) is 0 Å². The van der Waals surface area contributed by atoms with Crippen LogP contribution in [0.15, 0.2) is 11.8 Å². The zero-order valence-electron chi connectivity index (χ0n) is 6.37. The Labute approximate surface area is 60.9 Å². The van der Waals surface area contributed by atoms with Crippen LogP contribution >= 0.6 is 0 Å². The Hall–Kier alpha value is -0.540. The first-order valence-electron chi connectivity index (χ1n) is 3.42. The van der Waals surface area contributed by atoms with Crippen molar-refractivity contribution in [2.24, 2.45) is 0 Å². The van der Waals surface area contributed by atoms with Crippen LogP contribution in [-0.2, 0) is 4.74 Å². The summed E-state index contributed by atoms with van der Waals surface area (Å²) in [5.74, 6) is 0.623. The number of ether oxygens (including phenoxy) is 1. The monoisotopic (exact) mass is 146 g/mol. The summed E-state index contributed by atoms with van der Waals surface area (Å²) in [4.78, 5) is 0. The lowest BCUT2D eigenvalue weighted by atomic mass is 10.3. The highest BCUT2D eigenvalue weighted by molar-refractivity contribution is 4.90. The van der Waals surface area contributed by atoms with Crippen molar-refractivity contribution in [2.75, 3.05) is 0 Å². The normalized spacial score (nSPS) is 12.3. The van der Waals surface area contributed by atoms with Crippen molar-refractivity contribution < 1.29 is 14.9 Å². The minimum Gasteiger partial charge on any atom is -0.446 e. The molecule has 0 spiro atoms. The molecule has 3 heteroatoms. The molecule has 0 amide bonds. The third-order valence-electron chi connectivity index (χ3n) is 1.04. The molecule has 0 aromatic heterocycles. The average molecular weight is 146 g/mol. The van der Waals surface area contributed by atoms with Crippen LogP contribution < -0.4 is 0 Å². The first-order valence-corrected chi connectivity index (χ1v) is 3.42. The molecule has 0 atom stereocenters. The standard InChI is InChI=1S/C7H14O3/c1-3-5-6(4-2)10-7(8)9/h5,7-9H,3-4H2,1-2H3. The van der Waals surface area contributed by atoms with Crippen molar-refractivity contribution in [3.63, 3.8) is 0 Å². The number of hydrogen-bond donors (Lipinski definition) is 2. The van der Waals surface area contributed by atoms with Crippen LogP contribution in [0.1, 0.15) is 26.7 Å². The Balaban J connectivity index is 3.71. The van der Waals surface area contributed by atoms with Crippen molar-refractivity contribution in [3.05, 3.63) is 11.8 Å². The van der Waals surface area contributed by atoms with E-state index in [0.717, 1.165) is 6.42 Å². The van der Waals surface area contributed by atoms with Crippen LogP contribution in [0.4, 0.5) is 0 Å². The summed E-state index contributed by atoms with van der Waals surface area (Å²) in [6, 6.07) is 0. The zero-order valence-corrected chi connectivity index (χ0v) is 6.37. The molecule has 0 aliphatic heterocycles. The second-order valence-corrected chi connectivity index (χ2v) is 1.88. The fourth-order valence-electron chi connectivity index (χ4n) is 0.639. The van der Waals surface area contributed by atoms with E-state index >= 15 is 0 Å². The molecule has 0 aliphatic carbocycles. The molecule has 0 rings (SSSR count). The second-order valence-electron chi connectivity index (χ2n) is 1.88. The van der Waals surface area contributed by atoms with Gasteiger partial charge in [-0.3, -0.25) is 0 Å². The molecule has 0 aromatic rings. The Bertz CT molecular complexity index is 107. The first-order chi connectivity index (χ1) is 4.70. The van der Waals surface area contributed by atoms with Gasteiger partial charge in [0.1, 0.15) is 0 Å². The number of aliphatic hydroxyl groups is 2. The summed E-state index contributed by atoms with van der Waals surface area (Å²) in [5, 5.41) is 16.7. The van der Waals surface area contributed by atoms with E-state index in [2.05, 4.69) is 4.74 Å². The smallest absolute Gasteiger partial charge is 0.310 e. The molecule has 10 heavy (non-hydrogen) atoms. The van der Waals surface area contributed by atoms with Gasteiger partial charge in [0.2, 0.25) is 0 Å². The highest BCUT2D eigenvalue weighted by Gasteiger charge is 1.98. The Kier molecular flexibility index (Phi) is 4.98. The zero-order chi connectivity index (χ0) is 7.98. The van der Waals surface area contributed by atoms with Crippen LogP contribution in [0.2, 0.25) is 0 Å². The van der Waals surface area contributed by atoms with Crippen molar-refractivity contribution in [1.29, 1.82) is 0 Å². The maximum Gasteiger partial charge on any atom is 0.310 e. The molecule has 0 heterocycles. The summed E-state index contributed by atoms with van der Waals surface area (Å²) in [5.41, 5.74) is 0. The minimum atomic E-state index is -1.68. The lowest BCUT2D eigenvalue weighted by Gasteiger charge is -2.08. The van der Waals surface area contributed by atoms with Crippen molar-refractivity contribution in [2.45, 2.75) is 33.2 Å². The Morgan fingerprint density at radius 2 is 2.10 bits per heavy atom. The van der Waals surface area contributed by atoms with E-state index in [9.17, 15) is 0 Å². The van der Waals surface area contributed by atoms with Crippen LogP contribution in [0.3, 0.4) is 0 Å². The van der Waals surface area contributed by atoms with Gasteiger partial charge in [-0.15, -0.1) is 0 Å². The first kappa shape index (κ1) is 9.46. The van der Waals surface area contributed by atoms with Gasteiger partial charge in [-0.05, 0) is 12.5 Å². The largest absolute Gasteiger partial charge is 0.446 e. The Morgan fingerprint density at radius 1 is 1.50 bits per heavy atom. The van der Waals surface area contributed by atoms with E-state index in [0.29, 0.717) is 12.2 Å². The van der Waals surface area contributed by atoms with Crippen LogP contribution in [-0.4, -0.2) is 16.7 Å². The molecule has 0 saturated carbocycles. The van der Waals surface area contributed by atoms with E-state index in [4.69, 9.17) is 10.2 Å². The molecule has 2 N–H and O–H groups in total. The number of rotatable bonds is 4. The number of hydrogen-bond acceptors (Lipinski definition) is 3. The van der Waals surface area contributed by atoms with E-state index in [1.54, 1.807) is 0 Å². The van der Waals surface area contributed by atoms with Gasteiger partial charge in [-0.2, -0.15) is 0 Å². The molecule has 3 nitrogen and oxygen atoms in total. The van der Waals surface area contributed by atoms with E-state index in [-0.39, 0.29) is 0 Å². The molecule has 0 aromatic carbocycles. The van der Waals surface area contributed by atoms with Gasteiger partial charge in [0, 0.05) is 6.42 Å². The molecule has 0 unspecified atom stereocenters. The fourth-order valence-corrected chi connectivity index (χ4v) is 0.639. The molecule has 60 valence electrons. The molecular weight excluding hydrogens is 132 g/mol. The molecule has 0 aliphatic rings. The number of allylic oxidation sites excluding steroid dienone is 2. The lowest BCUT2D eigenvalue weighted by molar-refractivity contribution is -0.213. The fraction of sp³-hybridized carbons (Fsp3) is 0.714. The highest BCUT2D eigenvalue weighted by atomic mass is 16.7. The summed E-state index contributed by atoms with van der Waals surface area (Å²) in [6.45, 7) is 2.17. The summed E-state index contributed by atoms with van der Waals surface area (Å²) < 4.78 is 4.61. The van der Waals surface area contributed by atoms with E-state index < -0.39 is 6.48 Å². The predicted molar refractivity (Wildman–Crippen MR) is 38.0 cm³/mol. The minimum absolute atomic E-state index is 0.623. The molecule has 0 saturated heterocycles. The topological polar surface area (TPSA) is 49.7 Å². The van der Waals surface area contributed by atoms with Gasteiger partial charge >= 0.3 is 6.48 Å². The summed E-state index contributed by atoms with van der Waals surface area (Å²) in [7, 11) is 0. The second kappa shape index (κ2) is 5.26. The SMILES string of the molecule is CCC=C(CC)OC(O)O. The molecule has 0 bridgehead atoms. The third kappa shape index (κ3) is 4.35. The van der Waals surface area contributed by atoms with Gasteiger partial charge < -0.3 is 14.9 Å². The van der Waals surface area contributed by atoms with Crippen LogP contribution in [0.25, 0.3) is 0 Å². The van der Waals surface area contributed by atoms with Gasteiger partial charge in [0.05, 0.1) is 5.76 Å². The van der Waals surface area contributed by atoms with Gasteiger partial charge in [-0.1, -0.05) is 13.8 Å². The highest BCUT2D eigenvalue weighted by Crippen LogP contribution is 2.05. The van der Waals surface area contributed by atoms with Crippen LogP contribution in [0, 0.1) is 0 Å². The lowest BCUT2D eigenvalue weighted by Crippen LogP contribution is -2.09. The average Bonchev–Trinajstić information content (AvgIpc) is 1.86. The summed E-state index contributed by atoms with van der Waals surface area (Å²) >= 11 is 0. The summed E-state index contributed by atoms with van der Waals surface area (Å²) in [6.07, 6.45) is 3.35. The van der Waals surface area contributed by atoms with Crippen LogP contribution in [0.5, 0.6) is 0 Å². The van der Waals surface area contributed by atoms with Gasteiger partial charge in [0.25, 0.3) is 0 Å². The molecule has 0 fully saturated rings. The quantitative estimate of drug-likeness (QED) is 0.459. The van der Waals surface area contributed by atoms with Gasteiger partial charge in [0.15, 0.2) is 0 Å². The van der Waals surface area contributed by atoms with Crippen molar-refractivity contribution in [3.8, 4) is 0 Å². The molecule has 0 radical (unpaired) electrons. The van der Waals surface area contributed by atoms with Crippen molar-refractivity contribution in [1.82, 2.24) is 0 Å². The van der Waals surface area contributed by atoms with Gasteiger partial charge in [-0.25, -0.2) is 0 Å². The number of aliphatic hydroxyl groups excluding tert-OH is 1. The third-order valence-corrected chi connectivity index (χ3v) is 1.04. The Morgan fingerprint density at radius 3 is 2.40 bits per heavy atom. The predicted octanol–water partition coefficient (Wildman–Crippen LogP) is 0.975.